The fourth-order valence-electron chi connectivity index (χ4n) is 2.51. The van der Waals surface area contributed by atoms with Crippen LogP contribution >= 0.6 is 0 Å². The molecule has 0 aliphatic carbocycles. The first kappa shape index (κ1) is 18.1. The van der Waals surface area contributed by atoms with Gasteiger partial charge in [0.25, 0.3) is 0 Å². The summed E-state index contributed by atoms with van der Waals surface area (Å²) in [6.45, 7) is 0. The first-order valence-corrected chi connectivity index (χ1v) is 8.16. The van der Waals surface area contributed by atoms with E-state index in [0.29, 0.717) is 23.0 Å². The number of aromatic carboxylic acids is 1. The second-order valence-electron chi connectivity index (χ2n) is 5.61. The van der Waals surface area contributed by atoms with Crippen LogP contribution in [0.15, 0.2) is 53.1 Å². The van der Waals surface area contributed by atoms with Gasteiger partial charge < -0.3 is 19.7 Å². The van der Waals surface area contributed by atoms with Crippen molar-refractivity contribution in [2.24, 2.45) is 0 Å². The maximum atomic E-state index is 12.1. The van der Waals surface area contributed by atoms with Gasteiger partial charge in [-0.2, -0.15) is 4.98 Å². The molecule has 0 aliphatic heterocycles. The molecule has 0 unspecified atom stereocenters. The van der Waals surface area contributed by atoms with Gasteiger partial charge in [0, 0.05) is 12.8 Å². The van der Waals surface area contributed by atoms with Crippen LogP contribution in [-0.2, 0) is 11.2 Å². The van der Waals surface area contributed by atoms with Gasteiger partial charge in [0.1, 0.15) is 5.75 Å². The first-order chi connectivity index (χ1) is 13.1. The SMILES string of the molecule is COc1ccccc1-c1noc(CCC(=O)Nc2ccccc2C(=O)O)n1. The Kier molecular flexibility index (Phi) is 5.46. The fourth-order valence-corrected chi connectivity index (χ4v) is 2.51. The molecule has 138 valence electrons. The number of aryl methyl sites for hydroxylation is 1. The van der Waals surface area contributed by atoms with Gasteiger partial charge in [0.05, 0.1) is 23.9 Å². The van der Waals surface area contributed by atoms with E-state index in [1.165, 1.54) is 12.1 Å². The van der Waals surface area contributed by atoms with Crippen molar-refractivity contribution in [2.75, 3.05) is 12.4 Å². The summed E-state index contributed by atoms with van der Waals surface area (Å²) in [6.07, 6.45) is 0.296. The van der Waals surface area contributed by atoms with Gasteiger partial charge in [0.15, 0.2) is 0 Å². The van der Waals surface area contributed by atoms with E-state index in [9.17, 15) is 9.59 Å². The second-order valence-corrected chi connectivity index (χ2v) is 5.61. The van der Waals surface area contributed by atoms with Gasteiger partial charge in [0.2, 0.25) is 17.6 Å². The Morgan fingerprint density at radius 2 is 1.89 bits per heavy atom. The molecular weight excluding hydrogens is 350 g/mol. The number of carboxylic acids is 1. The highest BCUT2D eigenvalue weighted by atomic mass is 16.5. The zero-order valence-corrected chi connectivity index (χ0v) is 14.5. The average Bonchev–Trinajstić information content (AvgIpc) is 3.15. The van der Waals surface area contributed by atoms with Crippen LogP contribution in [0.5, 0.6) is 5.75 Å². The molecule has 1 heterocycles. The number of para-hydroxylation sites is 2. The number of hydrogen-bond donors (Lipinski definition) is 2. The summed E-state index contributed by atoms with van der Waals surface area (Å²) in [5.41, 5.74) is 0.965. The van der Waals surface area contributed by atoms with E-state index in [4.69, 9.17) is 14.4 Å². The highest BCUT2D eigenvalue weighted by Gasteiger charge is 2.15. The van der Waals surface area contributed by atoms with E-state index in [0.717, 1.165) is 0 Å². The largest absolute Gasteiger partial charge is 0.496 e. The standard InChI is InChI=1S/C19H17N3O5/c1-26-15-9-5-3-7-13(15)18-21-17(27-22-18)11-10-16(23)20-14-8-4-2-6-12(14)19(24)25/h2-9H,10-11H2,1H3,(H,20,23)(H,24,25). The molecule has 8 nitrogen and oxygen atoms in total. The van der Waals surface area contributed by atoms with Crippen LogP contribution in [0.4, 0.5) is 5.69 Å². The molecule has 0 saturated carbocycles. The Balaban J connectivity index is 1.64. The normalized spacial score (nSPS) is 10.4. The minimum Gasteiger partial charge on any atom is -0.496 e. The summed E-state index contributed by atoms with van der Waals surface area (Å²) >= 11 is 0. The second kappa shape index (κ2) is 8.13. The maximum Gasteiger partial charge on any atom is 0.337 e. The van der Waals surface area contributed by atoms with E-state index in [1.807, 2.05) is 18.2 Å². The highest BCUT2D eigenvalue weighted by Crippen LogP contribution is 2.27. The average molecular weight is 367 g/mol. The number of aromatic nitrogens is 2. The predicted molar refractivity (Wildman–Crippen MR) is 96.6 cm³/mol. The topological polar surface area (TPSA) is 115 Å². The molecule has 0 radical (unpaired) electrons. The lowest BCUT2D eigenvalue weighted by atomic mass is 10.1. The summed E-state index contributed by atoms with van der Waals surface area (Å²) in [4.78, 5) is 27.6. The first-order valence-electron chi connectivity index (χ1n) is 8.16. The molecule has 2 N–H and O–H groups in total. The number of nitrogens with zero attached hydrogens (tertiary/aromatic N) is 2. The number of ether oxygens (including phenoxy) is 1. The molecule has 0 aliphatic rings. The van der Waals surface area contributed by atoms with Gasteiger partial charge >= 0.3 is 5.97 Å². The van der Waals surface area contributed by atoms with Crippen molar-refractivity contribution in [3.63, 3.8) is 0 Å². The quantitative estimate of drug-likeness (QED) is 0.659. The van der Waals surface area contributed by atoms with Crippen molar-refractivity contribution < 1.29 is 24.0 Å². The summed E-state index contributed by atoms with van der Waals surface area (Å²) in [5.74, 6) is -0.158. The molecule has 0 saturated heterocycles. The molecule has 3 rings (SSSR count). The van der Waals surface area contributed by atoms with Crippen LogP contribution in [0.25, 0.3) is 11.4 Å². The van der Waals surface area contributed by atoms with Crippen molar-refractivity contribution in [3.05, 3.63) is 60.0 Å². The number of anilines is 1. The molecule has 0 fully saturated rings. The number of rotatable bonds is 7. The van der Waals surface area contributed by atoms with Crippen molar-refractivity contribution in [1.29, 1.82) is 0 Å². The Labute approximate surface area is 154 Å². The molecule has 1 aromatic heterocycles. The predicted octanol–water partition coefficient (Wildman–Crippen LogP) is 3.01. The lowest BCUT2D eigenvalue weighted by Crippen LogP contribution is -2.15. The van der Waals surface area contributed by atoms with Crippen LogP contribution in [-0.4, -0.2) is 34.2 Å². The Morgan fingerprint density at radius 1 is 1.15 bits per heavy atom. The maximum absolute atomic E-state index is 12.1. The lowest BCUT2D eigenvalue weighted by molar-refractivity contribution is -0.116. The highest BCUT2D eigenvalue weighted by molar-refractivity contribution is 6.00. The molecule has 0 bridgehead atoms. The van der Waals surface area contributed by atoms with Crippen molar-refractivity contribution >= 4 is 17.6 Å². The Morgan fingerprint density at radius 3 is 2.67 bits per heavy atom. The zero-order valence-electron chi connectivity index (χ0n) is 14.5. The van der Waals surface area contributed by atoms with Crippen LogP contribution in [0, 0.1) is 0 Å². The van der Waals surface area contributed by atoms with Gasteiger partial charge in [-0.3, -0.25) is 4.79 Å². The minimum absolute atomic E-state index is 0.0297. The number of benzene rings is 2. The fraction of sp³-hybridized carbons (Fsp3) is 0.158. The van der Waals surface area contributed by atoms with E-state index in [1.54, 1.807) is 25.3 Å². The molecule has 27 heavy (non-hydrogen) atoms. The number of carbonyl (C=O) groups is 2. The molecule has 0 atom stereocenters. The van der Waals surface area contributed by atoms with Gasteiger partial charge in [-0.05, 0) is 24.3 Å². The molecule has 1 amide bonds. The third-order valence-corrected chi connectivity index (χ3v) is 3.81. The van der Waals surface area contributed by atoms with Crippen molar-refractivity contribution in [2.45, 2.75) is 12.8 Å². The van der Waals surface area contributed by atoms with Crippen molar-refractivity contribution in [3.8, 4) is 17.1 Å². The Bertz CT molecular complexity index is 967. The smallest absolute Gasteiger partial charge is 0.337 e. The monoisotopic (exact) mass is 367 g/mol. The lowest BCUT2D eigenvalue weighted by Gasteiger charge is -2.07. The third-order valence-electron chi connectivity index (χ3n) is 3.81. The molecule has 0 spiro atoms. The molecular formula is C19H17N3O5. The van der Waals surface area contributed by atoms with E-state index < -0.39 is 5.97 Å². The Hall–Kier alpha value is -3.68. The number of hydrogen-bond acceptors (Lipinski definition) is 6. The van der Waals surface area contributed by atoms with Gasteiger partial charge in [-0.15, -0.1) is 0 Å². The van der Waals surface area contributed by atoms with E-state index in [-0.39, 0.29) is 30.0 Å². The zero-order chi connectivity index (χ0) is 19.2. The number of carbonyl (C=O) groups excluding carboxylic acids is 1. The molecule has 8 heteroatoms. The van der Waals surface area contributed by atoms with E-state index >= 15 is 0 Å². The van der Waals surface area contributed by atoms with Crippen LogP contribution in [0.2, 0.25) is 0 Å². The van der Waals surface area contributed by atoms with Gasteiger partial charge in [-0.25, -0.2) is 4.79 Å². The minimum atomic E-state index is -1.11. The third kappa shape index (κ3) is 4.30. The number of carboxylic acid groups (broad SMARTS) is 1. The molecule has 3 aromatic rings. The summed E-state index contributed by atoms with van der Waals surface area (Å²) in [7, 11) is 1.55. The number of nitrogens with one attached hydrogen (secondary N) is 1. The summed E-state index contributed by atoms with van der Waals surface area (Å²) in [5, 5.41) is 15.7. The summed E-state index contributed by atoms with van der Waals surface area (Å²) < 4.78 is 10.5. The number of methoxy groups -OCH3 is 1. The van der Waals surface area contributed by atoms with E-state index in [2.05, 4.69) is 15.5 Å². The number of amides is 1. The molecule has 2 aromatic carbocycles. The van der Waals surface area contributed by atoms with Crippen LogP contribution < -0.4 is 10.1 Å². The van der Waals surface area contributed by atoms with Crippen molar-refractivity contribution in [1.82, 2.24) is 10.1 Å². The summed E-state index contributed by atoms with van der Waals surface area (Å²) in [6, 6.07) is 13.5. The van der Waals surface area contributed by atoms with Crippen LogP contribution in [0.1, 0.15) is 22.7 Å². The van der Waals surface area contributed by atoms with Gasteiger partial charge in [-0.1, -0.05) is 29.4 Å². The van der Waals surface area contributed by atoms with Crippen LogP contribution in [0.3, 0.4) is 0 Å².